The van der Waals surface area contributed by atoms with Crippen LogP contribution in [0.4, 0.5) is 11.8 Å². The first-order valence-corrected chi connectivity index (χ1v) is 9.18. The van der Waals surface area contributed by atoms with Crippen molar-refractivity contribution in [2.24, 2.45) is 0 Å². The van der Waals surface area contributed by atoms with Crippen LogP contribution in [0.1, 0.15) is 0 Å². The van der Waals surface area contributed by atoms with Gasteiger partial charge in [-0.1, -0.05) is 6.07 Å². The van der Waals surface area contributed by atoms with Gasteiger partial charge < -0.3 is 9.80 Å². The zero-order chi connectivity index (χ0) is 18.8. The SMILES string of the molecule is c1ccc(-c2ccnc(N3CCN(c4ncnc5ncccc45)CC3)n2)nc1. The fourth-order valence-corrected chi connectivity index (χ4v) is 3.41. The average Bonchev–Trinajstić information content (AvgIpc) is 2.79. The summed E-state index contributed by atoms with van der Waals surface area (Å²) in [5, 5.41) is 0.979. The molecule has 0 amide bonds. The molecule has 0 aromatic carbocycles. The summed E-state index contributed by atoms with van der Waals surface area (Å²) in [4.78, 5) is 31.1. The summed E-state index contributed by atoms with van der Waals surface area (Å²) in [5.74, 6) is 1.66. The van der Waals surface area contributed by atoms with E-state index in [4.69, 9.17) is 4.98 Å². The lowest BCUT2D eigenvalue weighted by atomic mass is 10.2. The summed E-state index contributed by atoms with van der Waals surface area (Å²) in [6.45, 7) is 3.30. The molecule has 1 aliphatic rings. The Hall–Kier alpha value is -3.68. The first-order chi connectivity index (χ1) is 13.9. The third-order valence-electron chi connectivity index (χ3n) is 4.82. The van der Waals surface area contributed by atoms with E-state index in [2.05, 4.69) is 34.7 Å². The Bertz CT molecular complexity index is 1090. The summed E-state index contributed by atoms with van der Waals surface area (Å²) in [6, 6.07) is 11.6. The molecule has 5 rings (SSSR count). The van der Waals surface area contributed by atoms with Gasteiger partial charge in [-0.05, 0) is 30.3 Å². The summed E-state index contributed by atoms with van der Waals surface area (Å²) >= 11 is 0. The molecule has 4 aromatic rings. The van der Waals surface area contributed by atoms with Crippen molar-refractivity contribution in [2.45, 2.75) is 0 Å². The number of hydrogen-bond donors (Lipinski definition) is 0. The van der Waals surface area contributed by atoms with Gasteiger partial charge in [-0.3, -0.25) is 4.98 Å². The maximum atomic E-state index is 4.71. The number of anilines is 2. The second-order valence-corrected chi connectivity index (χ2v) is 6.50. The molecule has 4 aromatic heterocycles. The molecular formula is C20H18N8. The van der Waals surface area contributed by atoms with Crippen LogP contribution >= 0.6 is 0 Å². The van der Waals surface area contributed by atoms with Crippen molar-refractivity contribution < 1.29 is 0 Å². The molecular weight excluding hydrogens is 352 g/mol. The van der Waals surface area contributed by atoms with E-state index in [1.165, 1.54) is 0 Å². The van der Waals surface area contributed by atoms with Crippen LogP contribution in [0.2, 0.25) is 0 Å². The third kappa shape index (κ3) is 3.09. The summed E-state index contributed by atoms with van der Waals surface area (Å²) in [6.07, 6.45) is 6.90. The van der Waals surface area contributed by atoms with Crippen LogP contribution in [0.25, 0.3) is 22.4 Å². The molecule has 1 fully saturated rings. The first kappa shape index (κ1) is 16.5. The topological polar surface area (TPSA) is 83.8 Å². The molecule has 0 bridgehead atoms. The van der Waals surface area contributed by atoms with Crippen molar-refractivity contribution in [3.05, 3.63) is 61.3 Å². The van der Waals surface area contributed by atoms with Gasteiger partial charge in [0.15, 0.2) is 5.65 Å². The predicted molar refractivity (Wildman–Crippen MR) is 107 cm³/mol. The third-order valence-corrected chi connectivity index (χ3v) is 4.82. The summed E-state index contributed by atoms with van der Waals surface area (Å²) in [7, 11) is 0. The monoisotopic (exact) mass is 370 g/mol. The van der Waals surface area contributed by atoms with Gasteiger partial charge >= 0.3 is 0 Å². The minimum atomic E-state index is 0.723. The molecule has 0 atom stereocenters. The molecule has 5 heterocycles. The molecule has 0 saturated carbocycles. The molecule has 138 valence electrons. The molecule has 0 spiro atoms. The molecule has 0 aliphatic carbocycles. The molecule has 0 radical (unpaired) electrons. The minimum Gasteiger partial charge on any atom is -0.352 e. The van der Waals surface area contributed by atoms with E-state index < -0.39 is 0 Å². The van der Waals surface area contributed by atoms with Gasteiger partial charge in [0.1, 0.15) is 12.1 Å². The lowest BCUT2D eigenvalue weighted by Gasteiger charge is -2.35. The van der Waals surface area contributed by atoms with E-state index >= 15 is 0 Å². The maximum Gasteiger partial charge on any atom is 0.226 e. The number of aromatic nitrogens is 6. The average molecular weight is 370 g/mol. The van der Waals surface area contributed by atoms with Crippen molar-refractivity contribution in [3.63, 3.8) is 0 Å². The van der Waals surface area contributed by atoms with Crippen molar-refractivity contribution in [2.75, 3.05) is 36.0 Å². The van der Waals surface area contributed by atoms with Crippen molar-refractivity contribution >= 4 is 22.8 Å². The highest BCUT2D eigenvalue weighted by Gasteiger charge is 2.22. The van der Waals surface area contributed by atoms with Crippen molar-refractivity contribution in [1.82, 2.24) is 29.9 Å². The predicted octanol–water partition coefficient (Wildman–Crippen LogP) is 2.20. The Labute approximate surface area is 162 Å². The van der Waals surface area contributed by atoms with Crippen LogP contribution in [0.3, 0.4) is 0 Å². The second kappa shape index (κ2) is 7.15. The number of pyridine rings is 2. The Morgan fingerprint density at radius 1 is 0.643 bits per heavy atom. The lowest BCUT2D eigenvalue weighted by Crippen LogP contribution is -2.47. The molecule has 8 heteroatoms. The van der Waals surface area contributed by atoms with E-state index in [-0.39, 0.29) is 0 Å². The van der Waals surface area contributed by atoms with Crippen molar-refractivity contribution in [1.29, 1.82) is 0 Å². The molecule has 0 unspecified atom stereocenters. The summed E-state index contributed by atoms with van der Waals surface area (Å²) in [5.41, 5.74) is 2.41. The highest BCUT2D eigenvalue weighted by molar-refractivity contribution is 5.86. The normalized spacial score (nSPS) is 14.4. The van der Waals surface area contributed by atoms with Gasteiger partial charge in [0, 0.05) is 44.8 Å². The summed E-state index contributed by atoms with van der Waals surface area (Å²) < 4.78 is 0. The Balaban J connectivity index is 1.35. The molecule has 0 N–H and O–H groups in total. The van der Waals surface area contributed by atoms with Crippen LogP contribution < -0.4 is 9.80 Å². The highest BCUT2D eigenvalue weighted by atomic mass is 15.3. The number of hydrogen-bond acceptors (Lipinski definition) is 8. The van der Waals surface area contributed by atoms with Crippen LogP contribution in [0.15, 0.2) is 61.3 Å². The van der Waals surface area contributed by atoms with E-state index in [1.807, 2.05) is 36.4 Å². The zero-order valence-corrected chi connectivity index (χ0v) is 15.2. The number of fused-ring (bicyclic) bond motifs is 1. The van der Waals surface area contributed by atoms with Gasteiger partial charge in [-0.15, -0.1) is 0 Å². The standard InChI is InChI=1S/C20H18N8/c1-2-7-21-16(5-1)17-6-9-23-20(26-17)28-12-10-27(11-13-28)19-15-4-3-8-22-18(15)24-14-25-19/h1-9,14H,10-13H2. The van der Waals surface area contributed by atoms with Crippen LogP contribution in [0.5, 0.6) is 0 Å². The number of rotatable bonds is 3. The number of nitrogens with zero attached hydrogens (tertiary/aromatic N) is 8. The zero-order valence-electron chi connectivity index (χ0n) is 15.2. The van der Waals surface area contributed by atoms with Crippen LogP contribution in [0, 0.1) is 0 Å². The number of piperazine rings is 1. The van der Waals surface area contributed by atoms with E-state index in [9.17, 15) is 0 Å². The van der Waals surface area contributed by atoms with Crippen LogP contribution in [-0.2, 0) is 0 Å². The fourth-order valence-electron chi connectivity index (χ4n) is 3.41. The van der Waals surface area contributed by atoms with E-state index in [0.717, 1.165) is 60.4 Å². The Kier molecular flexibility index (Phi) is 4.21. The maximum absolute atomic E-state index is 4.71. The molecule has 8 nitrogen and oxygen atoms in total. The molecule has 1 aliphatic heterocycles. The fraction of sp³-hybridized carbons (Fsp3) is 0.200. The van der Waals surface area contributed by atoms with E-state index in [1.54, 1.807) is 24.9 Å². The minimum absolute atomic E-state index is 0.723. The molecule has 1 saturated heterocycles. The Morgan fingerprint density at radius 2 is 1.50 bits per heavy atom. The lowest BCUT2D eigenvalue weighted by molar-refractivity contribution is 0.636. The smallest absolute Gasteiger partial charge is 0.226 e. The second-order valence-electron chi connectivity index (χ2n) is 6.50. The van der Waals surface area contributed by atoms with Crippen LogP contribution in [-0.4, -0.2) is 56.1 Å². The largest absolute Gasteiger partial charge is 0.352 e. The highest BCUT2D eigenvalue weighted by Crippen LogP contribution is 2.24. The van der Waals surface area contributed by atoms with Gasteiger partial charge in [0.25, 0.3) is 0 Å². The van der Waals surface area contributed by atoms with E-state index in [0.29, 0.717) is 0 Å². The van der Waals surface area contributed by atoms with Gasteiger partial charge in [-0.2, -0.15) is 0 Å². The van der Waals surface area contributed by atoms with Crippen molar-refractivity contribution in [3.8, 4) is 11.4 Å². The molecule has 28 heavy (non-hydrogen) atoms. The van der Waals surface area contributed by atoms with Gasteiger partial charge in [0.05, 0.1) is 16.8 Å². The van der Waals surface area contributed by atoms with Gasteiger partial charge in [0.2, 0.25) is 5.95 Å². The van der Waals surface area contributed by atoms with Gasteiger partial charge in [-0.25, -0.2) is 24.9 Å². The quantitative estimate of drug-likeness (QED) is 0.543. The Morgan fingerprint density at radius 3 is 2.36 bits per heavy atom. The first-order valence-electron chi connectivity index (χ1n) is 9.18.